The third-order valence-electron chi connectivity index (χ3n) is 1.80. The first-order valence-electron chi connectivity index (χ1n) is 4.75. The highest BCUT2D eigenvalue weighted by Crippen LogP contribution is 2.06. The summed E-state index contributed by atoms with van der Waals surface area (Å²) >= 11 is 0. The van der Waals surface area contributed by atoms with Crippen LogP contribution in [0.2, 0.25) is 0 Å². The second kappa shape index (κ2) is 6.96. The molecule has 0 rings (SSSR count). The van der Waals surface area contributed by atoms with Gasteiger partial charge >= 0.3 is 0 Å². The van der Waals surface area contributed by atoms with Crippen LogP contribution in [0.4, 0.5) is 0 Å². The van der Waals surface area contributed by atoms with Gasteiger partial charge in [0.05, 0.1) is 0 Å². The Kier molecular flexibility index (Phi) is 6.54. The molecule has 12 heavy (non-hydrogen) atoms. The molecule has 70 valence electrons. The first-order chi connectivity index (χ1) is 5.66. The molecule has 0 aromatic carbocycles. The van der Waals surface area contributed by atoms with E-state index in [9.17, 15) is 0 Å². The summed E-state index contributed by atoms with van der Waals surface area (Å²) in [6, 6.07) is 0. The lowest BCUT2D eigenvalue weighted by atomic mass is 10.1. The van der Waals surface area contributed by atoms with E-state index >= 15 is 0 Å². The molecule has 1 nitrogen and oxygen atoms in total. The Morgan fingerprint density at radius 2 is 2.08 bits per heavy atom. The van der Waals surface area contributed by atoms with Crippen LogP contribution in [0.5, 0.6) is 0 Å². The maximum Gasteiger partial charge on any atom is 0.0267 e. The third kappa shape index (κ3) is 7.39. The van der Waals surface area contributed by atoms with Crippen molar-refractivity contribution in [3.05, 3.63) is 23.9 Å². The van der Waals surface area contributed by atoms with Crippen molar-refractivity contribution >= 4 is 0 Å². The number of unbranched alkanes of at least 4 members (excludes halogenated alkanes) is 1. The number of nitrogens with two attached hydrogens (primary N) is 1. The molecule has 0 heterocycles. The lowest BCUT2D eigenvalue weighted by molar-refractivity contribution is 0.560. The minimum atomic E-state index is 0.817. The molecule has 0 saturated carbocycles. The van der Waals surface area contributed by atoms with Gasteiger partial charge in [-0.2, -0.15) is 0 Å². The molecule has 0 radical (unpaired) electrons. The van der Waals surface area contributed by atoms with Gasteiger partial charge in [-0.1, -0.05) is 32.4 Å². The van der Waals surface area contributed by atoms with Crippen molar-refractivity contribution in [1.82, 2.24) is 0 Å². The maximum absolute atomic E-state index is 5.59. The summed E-state index contributed by atoms with van der Waals surface area (Å²) in [7, 11) is 0. The Morgan fingerprint density at radius 3 is 2.58 bits per heavy atom. The van der Waals surface area contributed by atoms with E-state index < -0.39 is 0 Å². The fraction of sp³-hybridized carbons (Fsp3) is 0.636. The summed E-state index contributed by atoms with van der Waals surface area (Å²) in [6.45, 7) is 6.46. The van der Waals surface area contributed by atoms with Crippen molar-refractivity contribution in [1.29, 1.82) is 0 Å². The van der Waals surface area contributed by atoms with Gasteiger partial charge in [0, 0.05) is 5.70 Å². The molecule has 0 saturated heterocycles. The summed E-state index contributed by atoms with van der Waals surface area (Å²) in [5.41, 5.74) is 6.45. The number of allylic oxidation sites excluding steroid dienone is 3. The predicted octanol–water partition coefficient (Wildman–Crippen LogP) is 3.23. The van der Waals surface area contributed by atoms with Gasteiger partial charge < -0.3 is 5.73 Å². The van der Waals surface area contributed by atoms with Gasteiger partial charge in [-0.15, -0.1) is 0 Å². The van der Waals surface area contributed by atoms with Crippen LogP contribution in [0.3, 0.4) is 0 Å². The summed E-state index contributed by atoms with van der Waals surface area (Å²) in [5, 5.41) is 0. The van der Waals surface area contributed by atoms with E-state index in [1.807, 2.05) is 19.1 Å². The van der Waals surface area contributed by atoms with E-state index in [0.717, 1.165) is 18.0 Å². The molecule has 0 unspecified atom stereocenters. The summed E-state index contributed by atoms with van der Waals surface area (Å²) in [5.74, 6) is 0.817. The normalized spacial score (nSPS) is 13.2. The van der Waals surface area contributed by atoms with Gasteiger partial charge in [0.1, 0.15) is 0 Å². The zero-order chi connectivity index (χ0) is 9.40. The Labute approximate surface area is 76.3 Å². The van der Waals surface area contributed by atoms with Crippen molar-refractivity contribution in [3.63, 3.8) is 0 Å². The van der Waals surface area contributed by atoms with Crippen LogP contribution in [0, 0.1) is 5.92 Å². The van der Waals surface area contributed by atoms with Crippen LogP contribution in [0.15, 0.2) is 23.9 Å². The molecule has 0 aliphatic carbocycles. The second-order valence-electron chi connectivity index (χ2n) is 3.52. The summed E-state index contributed by atoms with van der Waals surface area (Å²) in [4.78, 5) is 0. The van der Waals surface area contributed by atoms with E-state index in [2.05, 4.69) is 19.9 Å². The van der Waals surface area contributed by atoms with Crippen LogP contribution in [0.25, 0.3) is 0 Å². The minimum Gasteiger partial charge on any atom is -0.399 e. The first kappa shape index (κ1) is 11.3. The Morgan fingerprint density at radius 1 is 1.42 bits per heavy atom. The van der Waals surface area contributed by atoms with Gasteiger partial charge in [-0.25, -0.2) is 0 Å². The number of hydrogen-bond acceptors (Lipinski definition) is 1. The monoisotopic (exact) mass is 167 g/mol. The molecule has 0 aliphatic heterocycles. The highest BCUT2D eigenvalue weighted by atomic mass is 14.5. The molecule has 0 bridgehead atoms. The average molecular weight is 167 g/mol. The Hall–Kier alpha value is -0.720. The van der Waals surface area contributed by atoms with Crippen LogP contribution in [-0.4, -0.2) is 0 Å². The van der Waals surface area contributed by atoms with Gasteiger partial charge in [-0.05, 0) is 31.8 Å². The smallest absolute Gasteiger partial charge is 0.0267 e. The molecule has 0 fully saturated rings. The molecule has 0 aromatic rings. The lowest BCUT2D eigenvalue weighted by Crippen LogP contribution is -1.91. The van der Waals surface area contributed by atoms with E-state index in [4.69, 9.17) is 5.73 Å². The third-order valence-corrected chi connectivity index (χ3v) is 1.80. The topological polar surface area (TPSA) is 26.0 Å². The van der Waals surface area contributed by atoms with E-state index in [1.54, 1.807) is 0 Å². The standard InChI is InChI=1S/C11H21N/c1-4-11(12)9-7-5-6-8-10(2)3/h4,7,9-10H,5-6,8,12H2,1-3H3/b9-7-,11-4+. The van der Waals surface area contributed by atoms with Crippen LogP contribution in [-0.2, 0) is 0 Å². The minimum absolute atomic E-state index is 0.817. The van der Waals surface area contributed by atoms with Crippen LogP contribution >= 0.6 is 0 Å². The molecule has 0 aromatic heterocycles. The highest BCUT2D eigenvalue weighted by molar-refractivity contribution is 5.13. The SMILES string of the molecule is C/C=C(N)\C=C/CCCC(C)C. The zero-order valence-corrected chi connectivity index (χ0v) is 8.51. The average Bonchev–Trinajstić information content (AvgIpc) is 2.03. The molecule has 0 atom stereocenters. The highest BCUT2D eigenvalue weighted by Gasteiger charge is 1.90. The fourth-order valence-electron chi connectivity index (χ4n) is 0.960. The molecular weight excluding hydrogens is 146 g/mol. The van der Waals surface area contributed by atoms with E-state index in [1.165, 1.54) is 12.8 Å². The number of hydrogen-bond donors (Lipinski definition) is 1. The van der Waals surface area contributed by atoms with Crippen LogP contribution < -0.4 is 5.73 Å². The Bertz CT molecular complexity index is 154. The van der Waals surface area contributed by atoms with Crippen molar-refractivity contribution in [2.24, 2.45) is 11.7 Å². The molecule has 2 N–H and O–H groups in total. The summed E-state index contributed by atoms with van der Waals surface area (Å²) in [6.07, 6.45) is 9.77. The second-order valence-corrected chi connectivity index (χ2v) is 3.52. The van der Waals surface area contributed by atoms with Gasteiger partial charge in [0.15, 0.2) is 0 Å². The van der Waals surface area contributed by atoms with Crippen LogP contribution in [0.1, 0.15) is 40.0 Å². The van der Waals surface area contributed by atoms with Crippen molar-refractivity contribution in [3.8, 4) is 0 Å². The zero-order valence-electron chi connectivity index (χ0n) is 8.51. The quantitative estimate of drug-likeness (QED) is 0.493. The molecule has 0 spiro atoms. The molecule has 0 amide bonds. The van der Waals surface area contributed by atoms with Crippen molar-refractivity contribution < 1.29 is 0 Å². The van der Waals surface area contributed by atoms with E-state index in [-0.39, 0.29) is 0 Å². The van der Waals surface area contributed by atoms with Gasteiger partial charge in [0.25, 0.3) is 0 Å². The van der Waals surface area contributed by atoms with Crippen molar-refractivity contribution in [2.75, 3.05) is 0 Å². The molecular formula is C11H21N. The summed E-state index contributed by atoms with van der Waals surface area (Å²) < 4.78 is 0. The van der Waals surface area contributed by atoms with Gasteiger partial charge in [-0.3, -0.25) is 0 Å². The molecule has 1 heteroatoms. The van der Waals surface area contributed by atoms with E-state index in [0.29, 0.717) is 0 Å². The first-order valence-corrected chi connectivity index (χ1v) is 4.75. The van der Waals surface area contributed by atoms with Gasteiger partial charge in [0.2, 0.25) is 0 Å². The predicted molar refractivity (Wildman–Crippen MR) is 55.8 cm³/mol. The number of rotatable bonds is 5. The Balaban J connectivity index is 3.37. The van der Waals surface area contributed by atoms with Crippen molar-refractivity contribution in [2.45, 2.75) is 40.0 Å². The fourth-order valence-corrected chi connectivity index (χ4v) is 0.960. The molecule has 0 aliphatic rings. The maximum atomic E-state index is 5.59. The largest absolute Gasteiger partial charge is 0.399 e. The lowest BCUT2D eigenvalue weighted by Gasteiger charge is -2.00.